The highest BCUT2D eigenvalue weighted by atomic mass is 32.1. The summed E-state index contributed by atoms with van der Waals surface area (Å²) in [5.41, 5.74) is 4.78. The molecular formula is C25H25N9OS. The Morgan fingerprint density at radius 1 is 1.19 bits per heavy atom. The van der Waals surface area contributed by atoms with Crippen molar-refractivity contribution in [1.29, 1.82) is 5.26 Å². The van der Waals surface area contributed by atoms with Crippen LogP contribution in [0.3, 0.4) is 0 Å². The summed E-state index contributed by atoms with van der Waals surface area (Å²) in [4.78, 5) is 20.9. The molecule has 2 fully saturated rings. The molecule has 4 aromatic rings. The number of nitriles is 1. The average Bonchev–Trinajstić information content (AvgIpc) is 3.66. The molecule has 6 rings (SSSR count). The Bertz CT molecular complexity index is 1520. The van der Waals surface area contributed by atoms with Crippen molar-refractivity contribution >= 4 is 33.6 Å². The lowest BCUT2D eigenvalue weighted by molar-refractivity contribution is -0.129. The molecule has 0 aliphatic carbocycles. The number of anilines is 2. The van der Waals surface area contributed by atoms with Crippen molar-refractivity contribution in [2.45, 2.75) is 45.3 Å². The Morgan fingerprint density at radius 2 is 2.06 bits per heavy atom. The van der Waals surface area contributed by atoms with Gasteiger partial charge in [-0.05, 0) is 44.5 Å². The molecule has 0 radical (unpaired) electrons. The van der Waals surface area contributed by atoms with Crippen LogP contribution < -0.4 is 10.2 Å². The molecule has 11 heteroatoms. The second-order valence-corrected chi connectivity index (χ2v) is 10.5. The van der Waals surface area contributed by atoms with E-state index in [-0.39, 0.29) is 18.0 Å². The summed E-state index contributed by atoms with van der Waals surface area (Å²) in [6.45, 7) is 7.38. The molecule has 0 unspecified atom stereocenters. The Labute approximate surface area is 212 Å². The van der Waals surface area contributed by atoms with Crippen molar-refractivity contribution < 1.29 is 4.79 Å². The number of hydrogen-bond acceptors (Lipinski definition) is 9. The molecule has 10 nitrogen and oxygen atoms in total. The number of fused-ring (bicyclic) bond motifs is 3. The summed E-state index contributed by atoms with van der Waals surface area (Å²) >= 11 is 1.56. The number of amides is 1. The Morgan fingerprint density at radius 3 is 2.78 bits per heavy atom. The van der Waals surface area contributed by atoms with Gasteiger partial charge < -0.3 is 15.1 Å². The van der Waals surface area contributed by atoms with E-state index in [9.17, 15) is 4.79 Å². The van der Waals surface area contributed by atoms with Crippen LogP contribution in [0, 0.1) is 11.3 Å². The standard InChI is InChI=1S/C25H25N9OS/c1-14(2)29-21-8-22(23-5-4-17-6-16(9-26)10-28-34(17)23)27-11-20(21)24-30-31-25(36-24)33-13-18-7-19(33)12-32(18)15(3)35/h4-6,8,10-11,14,18-19H,7,12-13H2,1-3H3,(H,27,29)/t18-,19-/m1/s1. The van der Waals surface area contributed by atoms with Gasteiger partial charge in [-0.1, -0.05) is 11.3 Å². The fourth-order valence-electron chi connectivity index (χ4n) is 5.18. The molecule has 2 atom stereocenters. The lowest BCUT2D eigenvalue weighted by atomic mass is 10.1. The van der Waals surface area contributed by atoms with E-state index in [1.54, 1.807) is 29.0 Å². The lowest BCUT2D eigenvalue weighted by Gasteiger charge is -2.33. The zero-order valence-electron chi connectivity index (χ0n) is 20.2. The highest BCUT2D eigenvalue weighted by Crippen LogP contribution is 2.40. The van der Waals surface area contributed by atoms with Gasteiger partial charge in [0.25, 0.3) is 0 Å². The molecule has 4 aromatic heterocycles. The summed E-state index contributed by atoms with van der Waals surface area (Å²) in [5.74, 6) is 0.145. The van der Waals surface area contributed by atoms with Gasteiger partial charge in [-0.3, -0.25) is 9.78 Å². The highest BCUT2D eigenvalue weighted by Gasteiger charge is 2.45. The van der Waals surface area contributed by atoms with Crippen LogP contribution in [-0.4, -0.2) is 66.8 Å². The smallest absolute Gasteiger partial charge is 0.219 e. The molecule has 0 spiro atoms. The lowest BCUT2D eigenvalue weighted by Crippen LogP contribution is -2.48. The number of carbonyl (C=O) groups excluding carboxylic acids is 1. The molecule has 6 heterocycles. The topological polar surface area (TPSA) is 115 Å². The van der Waals surface area contributed by atoms with Crippen molar-refractivity contribution in [1.82, 2.24) is 29.7 Å². The van der Waals surface area contributed by atoms with Gasteiger partial charge in [0, 0.05) is 37.9 Å². The first-order chi connectivity index (χ1) is 17.4. The fourth-order valence-corrected chi connectivity index (χ4v) is 6.13. The van der Waals surface area contributed by atoms with Crippen molar-refractivity contribution in [2.75, 3.05) is 23.3 Å². The predicted octanol–water partition coefficient (Wildman–Crippen LogP) is 3.42. The zero-order chi connectivity index (χ0) is 25.0. The van der Waals surface area contributed by atoms with E-state index in [0.29, 0.717) is 11.6 Å². The number of piperazine rings is 1. The first kappa shape index (κ1) is 22.4. The van der Waals surface area contributed by atoms with Gasteiger partial charge in [0.05, 0.1) is 46.3 Å². The number of carbonyl (C=O) groups is 1. The Kier molecular flexibility index (Phi) is 5.34. The molecule has 2 bridgehead atoms. The maximum atomic E-state index is 11.9. The summed E-state index contributed by atoms with van der Waals surface area (Å²) in [5, 5.41) is 27.8. The maximum Gasteiger partial charge on any atom is 0.219 e. The van der Waals surface area contributed by atoms with E-state index in [4.69, 9.17) is 10.2 Å². The highest BCUT2D eigenvalue weighted by molar-refractivity contribution is 7.18. The molecule has 36 heavy (non-hydrogen) atoms. The maximum absolute atomic E-state index is 11.9. The second-order valence-electron chi connectivity index (χ2n) is 9.58. The van der Waals surface area contributed by atoms with E-state index >= 15 is 0 Å². The Hall–Kier alpha value is -4.04. The SMILES string of the molecule is CC(=O)N1C[C@H]2C[C@@H]1CN2c1nnc(-c2cnc(-c3ccc4cc(C#N)cnn34)cc2NC(C)C)s1. The van der Waals surface area contributed by atoms with Crippen LogP contribution in [0.25, 0.3) is 27.5 Å². The van der Waals surface area contributed by atoms with E-state index in [2.05, 4.69) is 45.4 Å². The third-order valence-corrected chi connectivity index (χ3v) is 7.77. The van der Waals surface area contributed by atoms with Gasteiger partial charge >= 0.3 is 0 Å². The minimum absolute atomic E-state index is 0.145. The van der Waals surface area contributed by atoms with Gasteiger partial charge in [0.15, 0.2) is 5.01 Å². The minimum Gasteiger partial charge on any atom is -0.382 e. The van der Waals surface area contributed by atoms with Gasteiger partial charge in [-0.2, -0.15) is 10.4 Å². The third kappa shape index (κ3) is 3.74. The molecule has 1 amide bonds. The van der Waals surface area contributed by atoms with Crippen LogP contribution in [0.1, 0.15) is 32.8 Å². The number of nitrogens with zero attached hydrogens (tertiary/aromatic N) is 8. The van der Waals surface area contributed by atoms with Gasteiger partial charge in [-0.25, -0.2) is 4.52 Å². The molecule has 0 saturated carbocycles. The first-order valence-corrected chi connectivity index (χ1v) is 12.8. The number of pyridine rings is 1. The van der Waals surface area contributed by atoms with Crippen LogP contribution in [0.15, 0.2) is 36.7 Å². The number of hydrogen-bond donors (Lipinski definition) is 1. The molecule has 2 aliphatic heterocycles. The number of likely N-dealkylation sites (tertiary alicyclic amines) is 1. The summed E-state index contributed by atoms with van der Waals surface area (Å²) < 4.78 is 1.79. The molecule has 1 N–H and O–H groups in total. The fraction of sp³-hybridized carbons (Fsp3) is 0.360. The van der Waals surface area contributed by atoms with Crippen LogP contribution >= 0.6 is 11.3 Å². The third-order valence-electron chi connectivity index (χ3n) is 6.78. The normalized spacial score (nSPS) is 18.9. The van der Waals surface area contributed by atoms with Gasteiger partial charge in [0.1, 0.15) is 6.07 Å². The number of aromatic nitrogens is 5. The van der Waals surface area contributed by atoms with Crippen molar-refractivity contribution in [2.24, 2.45) is 0 Å². The summed E-state index contributed by atoms with van der Waals surface area (Å²) in [7, 11) is 0. The predicted molar refractivity (Wildman–Crippen MR) is 138 cm³/mol. The quantitative estimate of drug-likeness (QED) is 0.444. The monoisotopic (exact) mass is 499 g/mol. The molecule has 0 aromatic carbocycles. The van der Waals surface area contributed by atoms with Crippen LogP contribution in [0.5, 0.6) is 0 Å². The molecule has 2 aliphatic rings. The van der Waals surface area contributed by atoms with Crippen molar-refractivity contribution in [3.8, 4) is 28.0 Å². The summed E-state index contributed by atoms with van der Waals surface area (Å²) in [6.07, 6.45) is 4.38. The van der Waals surface area contributed by atoms with Crippen LogP contribution in [-0.2, 0) is 4.79 Å². The minimum atomic E-state index is 0.145. The van der Waals surface area contributed by atoms with Crippen LogP contribution in [0.2, 0.25) is 0 Å². The van der Waals surface area contributed by atoms with Crippen LogP contribution in [0.4, 0.5) is 10.8 Å². The van der Waals surface area contributed by atoms with E-state index < -0.39 is 0 Å². The largest absolute Gasteiger partial charge is 0.382 e. The van der Waals surface area contributed by atoms with Gasteiger partial charge in [-0.15, -0.1) is 10.2 Å². The zero-order valence-corrected chi connectivity index (χ0v) is 21.0. The van der Waals surface area contributed by atoms with Crippen molar-refractivity contribution in [3.05, 3.63) is 42.2 Å². The van der Waals surface area contributed by atoms with E-state index in [0.717, 1.165) is 57.8 Å². The number of nitrogens with one attached hydrogen (secondary N) is 1. The first-order valence-electron chi connectivity index (χ1n) is 11.9. The summed E-state index contributed by atoms with van der Waals surface area (Å²) in [6, 6.07) is 10.6. The molecule has 2 saturated heterocycles. The Balaban J connectivity index is 1.32. The van der Waals surface area contributed by atoms with Crippen molar-refractivity contribution in [3.63, 3.8) is 0 Å². The second kappa shape index (κ2) is 8.57. The molecular weight excluding hydrogens is 474 g/mol. The van der Waals surface area contributed by atoms with Gasteiger partial charge in [0.2, 0.25) is 11.0 Å². The number of rotatable bonds is 5. The van der Waals surface area contributed by atoms with E-state index in [1.807, 2.05) is 35.4 Å². The average molecular weight is 500 g/mol. The molecule has 182 valence electrons. The van der Waals surface area contributed by atoms with E-state index in [1.165, 1.54) is 0 Å².